The molecule has 1 atom stereocenters. The van der Waals surface area contributed by atoms with Crippen molar-refractivity contribution in [1.29, 1.82) is 0 Å². The van der Waals surface area contributed by atoms with Crippen LogP contribution in [0.4, 0.5) is 5.82 Å². The van der Waals surface area contributed by atoms with Crippen LogP contribution in [0.3, 0.4) is 0 Å². The van der Waals surface area contributed by atoms with E-state index in [1.54, 1.807) is 25.3 Å². The zero-order chi connectivity index (χ0) is 13.0. The molecule has 0 aliphatic carbocycles. The van der Waals surface area contributed by atoms with Crippen molar-refractivity contribution in [2.45, 2.75) is 18.9 Å². The SMILES string of the molecule is CC1(O)CCN(CC(=O)NNc2ccccn2)C1. The molecule has 1 aliphatic heterocycles. The van der Waals surface area contributed by atoms with E-state index < -0.39 is 5.60 Å². The van der Waals surface area contributed by atoms with Gasteiger partial charge in [0.1, 0.15) is 5.82 Å². The van der Waals surface area contributed by atoms with Gasteiger partial charge in [-0.15, -0.1) is 0 Å². The predicted molar refractivity (Wildman–Crippen MR) is 67.7 cm³/mol. The van der Waals surface area contributed by atoms with Crippen LogP contribution in [0, 0.1) is 0 Å². The van der Waals surface area contributed by atoms with E-state index in [0.29, 0.717) is 18.8 Å². The molecule has 1 unspecified atom stereocenters. The predicted octanol–water partition coefficient (Wildman–Crippen LogP) is -0.0186. The summed E-state index contributed by atoms with van der Waals surface area (Å²) in [6.07, 6.45) is 2.35. The number of β-amino-alcohol motifs (C(OH)–C–C–N with tert-alkyl or cyclic N) is 1. The maximum atomic E-state index is 11.7. The summed E-state index contributed by atoms with van der Waals surface area (Å²) in [5.74, 6) is 0.456. The van der Waals surface area contributed by atoms with E-state index in [2.05, 4.69) is 15.8 Å². The molecule has 3 N–H and O–H groups in total. The molecule has 1 saturated heterocycles. The number of anilines is 1. The first-order valence-electron chi connectivity index (χ1n) is 5.96. The second kappa shape index (κ2) is 5.32. The molecule has 6 heteroatoms. The van der Waals surface area contributed by atoms with Gasteiger partial charge in [-0.25, -0.2) is 4.98 Å². The number of nitrogens with one attached hydrogen (secondary N) is 2. The van der Waals surface area contributed by atoms with Crippen molar-refractivity contribution in [2.24, 2.45) is 0 Å². The van der Waals surface area contributed by atoms with E-state index in [1.165, 1.54) is 0 Å². The molecule has 0 spiro atoms. The highest BCUT2D eigenvalue weighted by Crippen LogP contribution is 2.19. The highest BCUT2D eigenvalue weighted by molar-refractivity contribution is 5.79. The first kappa shape index (κ1) is 12.8. The van der Waals surface area contributed by atoms with Gasteiger partial charge in [-0.1, -0.05) is 6.07 Å². The Kier molecular flexibility index (Phi) is 3.78. The molecular weight excluding hydrogens is 232 g/mol. The molecule has 0 radical (unpaired) electrons. The van der Waals surface area contributed by atoms with Gasteiger partial charge >= 0.3 is 0 Å². The second-order valence-corrected chi connectivity index (χ2v) is 4.85. The van der Waals surface area contributed by atoms with Crippen molar-refractivity contribution in [1.82, 2.24) is 15.3 Å². The number of amides is 1. The summed E-state index contributed by atoms with van der Waals surface area (Å²) in [7, 11) is 0. The minimum Gasteiger partial charge on any atom is -0.389 e. The third-order valence-electron chi connectivity index (χ3n) is 2.89. The van der Waals surface area contributed by atoms with Crippen molar-refractivity contribution >= 4 is 11.7 Å². The molecule has 1 aromatic heterocycles. The molecule has 0 bridgehead atoms. The van der Waals surface area contributed by atoms with Gasteiger partial charge in [0.15, 0.2) is 0 Å². The van der Waals surface area contributed by atoms with Crippen molar-refractivity contribution < 1.29 is 9.90 Å². The zero-order valence-electron chi connectivity index (χ0n) is 10.4. The van der Waals surface area contributed by atoms with Gasteiger partial charge in [0, 0.05) is 19.3 Å². The van der Waals surface area contributed by atoms with Gasteiger partial charge < -0.3 is 5.11 Å². The molecule has 2 rings (SSSR count). The minimum atomic E-state index is -0.672. The lowest BCUT2D eigenvalue weighted by atomic mass is 10.1. The van der Waals surface area contributed by atoms with Gasteiger partial charge in [-0.05, 0) is 25.5 Å². The Morgan fingerprint density at radius 3 is 3.06 bits per heavy atom. The van der Waals surface area contributed by atoms with Gasteiger partial charge in [0.05, 0.1) is 12.1 Å². The Bertz CT molecular complexity index is 408. The van der Waals surface area contributed by atoms with Crippen LogP contribution in [-0.4, -0.2) is 46.1 Å². The normalized spacial score (nSPS) is 23.9. The minimum absolute atomic E-state index is 0.140. The summed E-state index contributed by atoms with van der Waals surface area (Å²) in [5.41, 5.74) is 4.65. The van der Waals surface area contributed by atoms with Gasteiger partial charge in [0.2, 0.25) is 0 Å². The van der Waals surface area contributed by atoms with Crippen molar-refractivity contribution in [3.63, 3.8) is 0 Å². The number of hydrazine groups is 1. The van der Waals surface area contributed by atoms with Gasteiger partial charge in [-0.3, -0.25) is 20.5 Å². The monoisotopic (exact) mass is 250 g/mol. The maximum Gasteiger partial charge on any atom is 0.252 e. The maximum absolute atomic E-state index is 11.7. The number of rotatable bonds is 4. The van der Waals surface area contributed by atoms with Crippen LogP contribution < -0.4 is 10.9 Å². The van der Waals surface area contributed by atoms with Crippen molar-refractivity contribution in [3.8, 4) is 0 Å². The fourth-order valence-electron chi connectivity index (χ4n) is 1.99. The molecule has 1 fully saturated rings. The average Bonchev–Trinajstić information content (AvgIpc) is 2.67. The Morgan fingerprint density at radius 2 is 2.44 bits per heavy atom. The lowest BCUT2D eigenvalue weighted by molar-refractivity contribution is -0.121. The Hall–Kier alpha value is -1.66. The number of carbonyl (C=O) groups is 1. The fraction of sp³-hybridized carbons (Fsp3) is 0.500. The summed E-state index contributed by atoms with van der Waals surface area (Å²) in [6.45, 7) is 3.33. The Balaban J connectivity index is 1.73. The standard InChI is InChI=1S/C12H18N4O2/c1-12(18)5-7-16(9-12)8-11(17)15-14-10-4-2-3-6-13-10/h2-4,6,18H,5,7-9H2,1H3,(H,13,14)(H,15,17). The third kappa shape index (κ3) is 3.68. The highest BCUT2D eigenvalue weighted by Gasteiger charge is 2.31. The lowest BCUT2D eigenvalue weighted by Gasteiger charge is -2.18. The fourth-order valence-corrected chi connectivity index (χ4v) is 1.99. The van der Waals surface area contributed by atoms with Crippen LogP contribution in [0.2, 0.25) is 0 Å². The largest absolute Gasteiger partial charge is 0.389 e. The molecule has 1 aromatic rings. The summed E-state index contributed by atoms with van der Waals surface area (Å²) in [5, 5.41) is 9.79. The van der Waals surface area contributed by atoms with Gasteiger partial charge in [-0.2, -0.15) is 0 Å². The zero-order valence-corrected chi connectivity index (χ0v) is 10.4. The summed E-state index contributed by atoms with van der Waals surface area (Å²) in [6, 6.07) is 5.40. The van der Waals surface area contributed by atoms with Crippen LogP contribution in [0.15, 0.2) is 24.4 Å². The molecule has 1 aliphatic rings. The summed E-state index contributed by atoms with van der Waals surface area (Å²) >= 11 is 0. The van der Waals surface area contributed by atoms with Crippen LogP contribution >= 0.6 is 0 Å². The number of aromatic nitrogens is 1. The van der Waals surface area contributed by atoms with Crippen molar-refractivity contribution in [2.75, 3.05) is 25.1 Å². The summed E-state index contributed by atoms with van der Waals surface area (Å²) in [4.78, 5) is 17.6. The second-order valence-electron chi connectivity index (χ2n) is 4.85. The van der Waals surface area contributed by atoms with E-state index in [9.17, 15) is 9.90 Å². The Labute approximate surface area is 106 Å². The molecule has 0 aromatic carbocycles. The van der Waals surface area contributed by atoms with Crippen LogP contribution in [0.25, 0.3) is 0 Å². The highest BCUT2D eigenvalue weighted by atomic mass is 16.3. The number of likely N-dealkylation sites (tertiary alicyclic amines) is 1. The van der Waals surface area contributed by atoms with E-state index in [4.69, 9.17) is 0 Å². The lowest BCUT2D eigenvalue weighted by Crippen LogP contribution is -2.40. The third-order valence-corrected chi connectivity index (χ3v) is 2.89. The molecule has 6 nitrogen and oxygen atoms in total. The number of carbonyl (C=O) groups excluding carboxylic acids is 1. The molecular formula is C12H18N4O2. The topological polar surface area (TPSA) is 77.5 Å². The first-order chi connectivity index (χ1) is 8.55. The number of nitrogens with zero attached hydrogens (tertiary/aromatic N) is 2. The molecule has 98 valence electrons. The Morgan fingerprint density at radius 1 is 1.61 bits per heavy atom. The van der Waals surface area contributed by atoms with Gasteiger partial charge in [0.25, 0.3) is 5.91 Å². The first-order valence-corrected chi connectivity index (χ1v) is 5.96. The van der Waals surface area contributed by atoms with Crippen LogP contribution in [-0.2, 0) is 4.79 Å². The van der Waals surface area contributed by atoms with Crippen LogP contribution in [0.1, 0.15) is 13.3 Å². The number of hydrogen-bond donors (Lipinski definition) is 3. The molecule has 18 heavy (non-hydrogen) atoms. The molecule has 2 heterocycles. The molecule has 0 saturated carbocycles. The van der Waals surface area contributed by atoms with E-state index >= 15 is 0 Å². The summed E-state index contributed by atoms with van der Waals surface area (Å²) < 4.78 is 0. The van der Waals surface area contributed by atoms with Crippen LogP contribution in [0.5, 0.6) is 0 Å². The van der Waals surface area contributed by atoms with Crippen molar-refractivity contribution in [3.05, 3.63) is 24.4 Å². The quantitative estimate of drug-likeness (QED) is 0.655. The van der Waals surface area contributed by atoms with E-state index in [1.807, 2.05) is 11.0 Å². The number of hydrogen-bond acceptors (Lipinski definition) is 5. The number of pyridine rings is 1. The average molecular weight is 250 g/mol. The van der Waals surface area contributed by atoms with E-state index in [0.717, 1.165) is 6.54 Å². The number of aliphatic hydroxyl groups is 1. The molecule has 1 amide bonds. The van der Waals surface area contributed by atoms with E-state index in [-0.39, 0.29) is 12.5 Å². The smallest absolute Gasteiger partial charge is 0.252 e.